The molecule has 5 nitrogen and oxygen atoms in total. The highest BCUT2D eigenvalue weighted by Gasteiger charge is 2.29. The van der Waals surface area contributed by atoms with Crippen molar-refractivity contribution in [2.45, 2.75) is 33.1 Å². The summed E-state index contributed by atoms with van der Waals surface area (Å²) in [6, 6.07) is 6.88. The summed E-state index contributed by atoms with van der Waals surface area (Å²) < 4.78 is 10.4. The van der Waals surface area contributed by atoms with Crippen molar-refractivity contribution in [3.8, 4) is 5.75 Å². The molecule has 0 aliphatic heterocycles. The minimum Gasteiger partial charge on any atom is -0.497 e. The third-order valence-corrected chi connectivity index (χ3v) is 5.77. The zero-order chi connectivity index (χ0) is 18.7. The summed E-state index contributed by atoms with van der Waals surface area (Å²) >= 11 is 1.49. The number of fused-ring (bicyclic) bond motifs is 1. The number of rotatable bonds is 5. The second-order valence-corrected chi connectivity index (χ2v) is 7.56. The quantitative estimate of drug-likeness (QED) is 0.793. The molecule has 1 amide bonds. The Morgan fingerprint density at radius 3 is 2.65 bits per heavy atom. The summed E-state index contributed by atoms with van der Waals surface area (Å²) in [5, 5.41) is 3.50. The monoisotopic (exact) mass is 373 g/mol. The van der Waals surface area contributed by atoms with E-state index in [2.05, 4.69) is 12.2 Å². The summed E-state index contributed by atoms with van der Waals surface area (Å²) in [5.74, 6) is 0.610. The van der Waals surface area contributed by atoms with E-state index in [1.807, 2.05) is 0 Å². The molecule has 2 aromatic rings. The van der Waals surface area contributed by atoms with Crippen LogP contribution in [0.2, 0.25) is 0 Å². The van der Waals surface area contributed by atoms with Crippen LogP contribution in [0.15, 0.2) is 24.3 Å². The molecule has 1 heterocycles. The van der Waals surface area contributed by atoms with Crippen LogP contribution in [0.5, 0.6) is 5.75 Å². The first-order valence-corrected chi connectivity index (χ1v) is 9.62. The van der Waals surface area contributed by atoms with Crippen LogP contribution in [0.3, 0.4) is 0 Å². The third-order valence-electron chi connectivity index (χ3n) is 4.57. The predicted molar refractivity (Wildman–Crippen MR) is 102 cm³/mol. The molecule has 0 saturated carbocycles. The molecule has 0 spiro atoms. The maximum Gasteiger partial charge on any atom is 0.341 e. The minimum absolute atomic E-state index is 0.246. The molecule has 1 aliphatic rings. The van der Waals surface area contributed by atoms with E-state index in [0.29, 0.717) is 34.4 Å². The number of carbonyl (C=O) groups excluding carboxylic acids is 2. The van der Waals surface area contributed by atoms with Gasteiger partial charge >= 0.3 is 5.97 Å². The fourth-order valence-corrected chi connectivity index (χ4v) is 4.41. The molecule has 1 aliphatic carbocycles. The molecule has 1 aromatic carbocycles. The number of hydrogen-bond acceptors (Lipinski definition) is 5. The van der Waals surface area contributed by atoms with Crippen LogP contribution in [0, 0.1) is 5.92 Å². The molecule has 1 atom stereocenters. The lowest BCUT2D eigenvalue weighted by Gasteiger charge is -2.18. The number of ether oxygens (including phenoxy) is 2. The number of carbonyl (C=O) groups is 2. The smallest absolute Gasteiger partial charge is 0.341 e. The van der Waals surface area contributed by atoms with E-state index in [1.54, 1.807) is 38.3 Å². The van der Waals surface area contributed by atoms with Crippen molar-refractivity contribution in [3.05, 3.63) is 45.8 Å². The fourth-order valence-electron chi connectivity index (χ4n) is 3.18. The highest BCUT2D eigenvalue weighted by atomic mass is 32.1. The number of benzene rings is 1. The molecule has 0 radical (unpaired) electrons. The van der Waals surface area contributed by atoms with Crippen molar-refractivity contribution < 1.29 is 19.1 Å². The van der Waals surface area contributed by atoms with E-state index in [0.717, 1.165) is 24.8 Å². The van der Waals surface area contributed by atoms with Gasteiger partial charge in [-0.05, 0) is 61.9 Å². The van der Waals surface area contributed by atoms with Gasteiger partial charge in [0.2, 0.25) is 0 Å². The van der Waals surface area contributed by atoms with Gasteiger partial charge in [-0.25, -0.2) is 4.79 Å². The lowest BCUT2D eigenvalue weighted by molar-refractivity contribution is 0.0526. The fraction of sp³-hybridized carbons (Fsp3) is 0.400. The van der Waals surface area contributed by atoms with E-state index in [4.69, 9.17) is 9.47 Å². The van der Waals surface area contributed by atoms with E-state index >= 15 is 0 Å². The van der Waals surface area contributed by atoms with Crippen molar-refractivity contribution >= 4 is 28.2 Å². The summed E-state index contributed by atoms with van der Waals surface area (Å²) in [4.78, 5) is 26.3. The number of esters is 1. The molecular weight excluding hydrogens is 350 g/mol. The number of thiophene rings is 1. The highest BCUT2D eigenvalue weighted by Crippen LogP contribution is 2.40. The third kappa shape index (κ3) is 3.75. The van der Waals surface area contributed by atoms with E-state index in [9.17, 15) is 9.59 Å². The van der Waals surface area contributed by atoms with Crippen LogP contribution in [-0.4, -0.2) is 25.6 Å². The Kier molecular flexibility index (Phi) is 5.61. The van der Waals surface area contributed by atoms with E-state index in [1.165, 1.54) is 16.2 Å². The zero-order valence-corrected chi connectivity index (χ0v) is 16.1. The number of nitrogens with one attached hydrogen (secondary N) is 1. The molecule has 26 heavy (non-hydrogen) atoms. The first-order chi connectivity index (χ1) is 12.5. The lowest BCUT2D eigenvalue weighted by Crippen LogP contribution is -2.17. The molecule has 3 rings (SSSR count). The second kappa shape index (κ2) is 7.91. The van der Waals surface area contributed by atoms with Gasteiger partial charge in [0.25, 0.3) is 5.91 Å². The van der Waals surface area contributed by atoms with Crippen molar-refractivity contribution in [1.82, 2.24) is 0 Å². The standard InChI is InChI=1S/C20H23NO4S/c1-4-25-20(23)17-15-11-12(2)5-10-16(15)26-19(17)21-18(22)13-6-8-14(24-3)9-7-13/h6-9,12H,4-5,10-11H2,1-3H3,(H,21,22). The molecular formula is C20H23NO4S. The van der Waals surface area contributed by atoms with Gasteiger partial charge in [0.1, 0.15) is 10.8 Å². The topological polar surface area (TPSA) is 64.6 Å². The van der Waals surface area contributed by atoms with Crippen molar-refractivity contribution in [3.63, 3.8) is 0 Å². The molecule has 0 saturated heterocycles. The number of aryl methyl sites for hydroxylation is 1. The number of anilines is 1. The first-order valence-electron chi connectivity index (χ1n) is 8.80. The van der Waals surface area contributed by atoms with E-state index < -0.39 is 0 Å². The average Bonchev–Trinajstić information content (AvgIpc) is 2.99. The normalized spacial score (nSPS) is 15.9. The van der Waals surface area contributed by atoms with Crippen molar-refractivity contribution in [1.29, 1.82) is 0 Å². The van der Waals surface area contributed by atoms with Gasteiger partial charge in [-0.1, -0.05) is 6.92 Å². The maximum absolute atomic E-state index is 12.6. The van der Waals surface area contributed by atoms with Gasteiger partial charge < -0.3 is 14.8 Å². The van der Waals surface area contributed by atoms with Gasteiger partial charge in [-0.2, -0.15) is 0 Å². The van der Waals surface area contributed by atoms with Crippen LogP contribution in [0.25, 0.3) is 0 Å². The Hall–Kier alpha value is -2.34. The number of amides is 1. The van der Waals surface area contributed by atoms with Gasteiger partial charge in [0.05, 0.1) is 19.3 Å². The molecule has 1 aromatic heterocycles. The highest BCUT2D eigenvalue weighted by molar-refractivity contribution is 7.17. The van der Waals surface area contributed by atoms with Crippen molar-refractivity contribution in [2.24, 2.45) is 5.92 Å². The number of methoxy groups -OCH3 is 1. The van der Waals surface area contributed by atoms with Crippen LogP contribution in [0.1, 0.15) is 51.4 Å². The predicted octanol–water partition coefficient (Wildman–Crippen LogP) is 4.31. The summed E-state index contributed by atoms with van der Waals surface area (Å²) in [5.41, 5.74) is 2.08. The summed E-state index contributed by atoms with van der Waals surface area (Å²) in [6.45, 7) is 4.28. The SMILES string of the molecule is CCOC(=O)c1c(NC(=O)c2ccc(OC)cc2)sc2c1CC(C)CC2. The molecule has 138 valence electrons. The molecule has 1 unspecified atom stereocenters. The zero-order valence-electron chi connectivity index (χ0n) is 15.3. The van der Waals surface area contributed by atoms with Gasteiger partial charge in [-0.15, -0.1) is 11.3 Å². The van der Waals surface area contributed by atoms with Crippen LogP contribution in [-0.2, 0) is 17.6 Å². The van der Waals surface area contributed by atoms with Gasteiger partial charge in [0, 0.05) is 10.4 Å². The Morgan fingerprint density at radius 2 is 2.00 bits per heavy atom. The molecule has 1 N–H and O–H groups in total. The van der Waals surface area contributed by atoms with Crippen molar-refractivity contribution in [2.75, 3.05) is 19.0 Å². The molecule has 0 fully saturated rings. The molecule has 0 bridgehead atoms. The van der Waals surface area contributed by atoms with Crippen LogP contribution in [0.4, 0.5) is 5.00 Å². The van der Waals surface area contributed by atoms with Crippen LogP contribution >= 0.6 is 11.3 Å². The minimum atomic E-state index is -0.357. The Bertz CT molecular complexity index is 810. The Labute approximate surface area is 157 Å². The van der Waals surface area contributed by atoms with E-state index in [-0.39, 0.29) is 11.9 Å². The summed E-state index contributed by atoms with van der Waals surface area (Å²) in [6.07, 6.45) is 2.88. The van der Waals surface area contributed by atoms with Crippen LogP contribution < -0.4 is 10.1 Å². The largest absolute Gasteiger partial charge is 0.497 e. The maximum atomic E-state index is 12.6. The lowest BCUT2D eigenvalue weighted by atomic mass is 9.88. The Balaban J connectivity index is 1.90. The van der Waals surface area contributed by atoms with Gasteiger partial charge in [0.15, 0.2) is 0 Å². The summed E-state index contributed by atoms with van der Waals surface area (Å²) in [7, 11) is 1.58. The first kappa shape index (κ1) is 18.5. The Morgan fingerprint density at radius 1 is 1.27 bits per heavy atom. The number of hydrogen-bond donors (Lipinski definition) is 1. The van der Waals surface area contributed by atoms with Gasteiger partial charge in [-0.3, -0.25) is 4.79 Å². The molecule has 6 heteroatoms. The second-order valence-electron chi connectivity index (χ2n) is 6.46. The average molecular weight is 373 g/mol.